The molecule has 0 saturated carbocycles. The van der Waals surface area contributed by atoms with Crippen molar-refractivity contribution in [1.82, 2.24) is 0 Å². The van der Waals surface area contributed by atoms with E-state index in [0.29, 0.717) is 0 Å². The molecule has 0 heteroatoms. The molecule has 10 aromatic carbocycles. The minimum absolute atomic E-state index is 0.190. The number of rotatable bonds is 2. The van der Waals surface area contributed by atoms with Crippen LogP contribution in [-0.2, 0) is 6.42 Å². The van der Waals surface area contributed by atoms with Crippen molar-refractivity contribution >= 4 is 87.1 Å². The largest absolute Gasteiger partial charge is 0.0753 e. The molecule has 2 aliphatic rings. The van der Waals surface area contributed by atoms with Crippen LogP contribution in [0.4, 0.5) is 0 Å². The van der Waals surface area contributed by atoms with Gasteiger partial charge in [0.15, 0.2) is 0 Å². The number of allylic oxidation sites excluding steroid dienone is 3. The molecule has 0 aliphatic heterocycles. The maximum Gasteiger partial charge on any atom is 0.0282 e. The molecule has 12 rings (SSSR count). The minimum atomic E-state index is 0.190. The Morgan fingerprint density at radius 2 is 1.02 bits per heavy atom. The van der Waals surface area contributed by atoms with Gasteiger partial charge in [-0.1, -0.05) is 152 Å². The van der Waals surface area contributed by atoms with E-state index in [1.165, 1.54) is 114 Å². The molecule has 2 aliphatic carbocycles. The first-order valence-corrected chi connectivity index (χ1v) is 18.4. The summed E-state index contributed by atoms with van der Waals surface area (Å²) in [4.78, 5) is 0. The number of hydrogen-bond acceptors (Lipinski definition) is 0. The first-order valence-electron chi connectivity index (χ1n) is 18.4. The van der Waals surface area contributed by atoms with Crippen LogP contribution in [0.5, 0.6) is 0 Å². The van der Waals surface area contributed by atoms with Crippen molar-refractivity contribution in [2.75, 3.05) is 0 Å². The Morgan fingerprint density at radius 3 is 1.75 bits per heavy atom. The van der Waals surface area contributed by atoms with Gasteiger partial charge in [0.2, 0.25) is 0 Å². The van der Waals surface area contributed by atoms with Crippen LogP contribution in [0.1, 0.15) is 28.2 Å². The smallest absolute Gasteiger partial charge is 0.0282 e. The Kier molecular flexibility index (Phi) is 5.71. The highest BCUT2D eigenvalue weighted by molar-refractivity contribution is 6.19. The monoisotopic (exact) mass is 656 g/mol. The van der Waals surface area contributed by atoms with Crippen LogP contribution < -0.4 is 0 Å². The molecule has 0 bridgehead atoms. The standard InChI is InChI=1S/C52H32/c1-3-9-35-29-49-37(27-33(35)7-1)19-23-43-39(11-5-13-41(43)49)45-21-15-31-18-26-48-46(22-16-32-17-25-47(45)51(31)52(32)48)40-12-6-14-42-44(40)24-20-38-28-34-8-2-4-10-36(34)30-50(38)42/h1-17,19-30,46H,18H2. The third kappa shape index (κ3) is 3.92. The maximum atomic E-state index is 2.51. The third-order valence-corrected chi connectivity index (χ3v) is 12.1. The van der Waals surface area contributed by atoms with Crippen molar-refractivity contribution in [3.63, 3.8) is 0 Å². The Morgan fingerprint density at radius 1 is 0.404 bits per heavy atom. The number of benzene rings is 10. The van der Waals surface area contributed by atoms with Crippen molar-refractivity contribution in [3.8, 4) is 11.1 Å². The third-order valence-electron chi connectivity index (χ3n) is 12.1. The molecule has 240 valence electrons. The summed E-state index contributed by atoms with van der Waals surface area (Å²) < 4.78 is 0. The van der Waals surface area contributed by atoms with Gasteiger partial charge in [0.05, 0.1) is 0 Å². The molecule has 52 heavy (non-hydrogen) atoms. The highest BCUT2D eigenvalue weighted by atomic mass is 14.3. The predicted molar refractivity (Wildman–Crippen MR) is 224 cm³/mol. The van der Waals surface area contributed by atoms with Gasteiger partial charge in [-0.25, -0.2) is 0 Å². The van der Waals surface area contributed by atoms with E-state index in [1.807, 2.05) is 0 Å². The van der Waals surface area contributed by atoms with Crippen LogP contribution in [-0.4, -0.2) is 0 Å². The van der Waals surface area contributed by atoms with Crippen molar-refractivity contribution in [1.29, 1.82) is 0 Å². The van der Waals surface area contributed by atoms with Crippen LogP contribution >= 0.6 is 0 Å². The van der Waals surface area contributed by atoms with Gasteiger partial charge in [-0.2, -0.15) is 0 Å². The number of fused-ring (bicyclic) bond motifs is 8. The van der Waals surface area contributed by atoms with E-state index in [2.05, 4.69) is 176 Å². The molecular formula is C52H32. The van der Waals surface area contributed by atoms with E-state index in [4.69, 9.17) is 0 Å². The second-order valence-corrected chi connectivity index (χ2v) is 14.7. The molecule has 0 heterocycles. The molecule has 1 unspecified atom stereocenters. The SMILES string of the molecule is C1=CC(c2cccc3c2ccc2cc4ccccc4cc23)C2=CCc3ccc(-c4cccc5c4ccc4cc6ccccc6cc45)c4ccc1c2c34. The highest BCUT2D eigenvalue weighted by Gasteiger charge is 2.29. The van der Waals surface area contributed by atoms with Gasteiger partial charge in [-0.3, -0.25) is 0 Å². The average molecular weight is 657 g/mol. The molecule has 0 fully saturated rings. The molecule has 0 nitrogen and oxygen atoms in total. The lowest BCUT2D eigenvalue weighted by atomic mass is 9.73. The molecule has 0 amide bonds. The molecule has 1 atom stereocenters. The Labute approximate surface area is 301 Å². The normalized spacial score (nSPS) is 15.1. The van der Waals surface area contributed by atoms with Crippen molar-refractivity contribution < 1.29 is 0 Å². The minimum Gasteiger partial charge on any atom is -0.0753 e. The summed E-state index contributed by atoms with van der Waals surface area (Å²) in [7, 11) is 0. The van der Waals surface area contributed by atoms with E-state index >= 15 is 0 Å². The second kappa shape index (κ2) is 10.5. The lowest BCUT2D eigenvalue weighted by molar-refractivity contribution is 1.09. The van der Waals surface area contributed by atoms with Crippen LogP contribution in [0.2, 0.25) is 0 Å². The van der Waals surface area contributed by atoms with E-state index in [9.17, 15) is 0 Å². The van der Waals surface area contributed by atoms with Gasteiger partial charge in [0.25, 0.3) is 0 Å². The molecule has 0 radical (unpaired) electrons. The van der Waals surface area contributed by atoms with E-state index in [-0.39, 0.29) is 5.92 Å². The Balaban J connectivity index is 1.04. The lowest BCUT2D eigenvalue weighted by Crippen LogP contribution is -2.11. The van der Waals surface area contributed by atoms with Crippen molar-refractivity contribution in [2.24, 2.45) is 0 Å². The molecule has 0 N–H and O–H groups in total. The second-order valence-electron chi connectivity index (χ2n) is 14.7. The van der Waals surface area contributed by atoms with Crippen molar-refractivity contribution in [3.05, 3.63) is 192 Å². The van der Waals surface area contributed by atoms with Gasteiger partial charge < -0.3 is 0 Å². The van der Waals surface area contributed by atoms with Gasteiger partial charge in [0, 0.05) is 5.92 Å². The quantitative estimate of drug-likeness (QED) is 0.128. The van der Waals surface area contributed by atoms with Gasteiger partial charge in [0.1, 0.15) is 0 Å². The Hall–Kier alpha value is -6.50. The van der Waals surface area contributed by atoms with Crippen LogP contribution in [0.15, 0.2) is 170 Å². The zero-order valence-corrected chi connectivity index (χ0v) is 28.5. The van der Waals surface area contributed by atoms with Gasteiger partial charge >= 0.3 is 0 Å². The van der Waals surface area contributed by atoms with Crippen molar-refractivity contribution in [2.45, 2.75) is 12.3 Å². The van der Waals surface area contributed by atoms with E-state index in [0.717, 1.165) is 6.42 Å². The molecule has 10 aromatic rings. The fourth-order valence-electron chi connectivity index (χ4n) is 9.66. The first kappa shape index (κ1) is 28.2. The summed E-state index contributed by atoms with van der Waals surface area (Å²) in [5, 5.41) is 18.4. The van der Waals surface area contributed by atoms with E-state index < -0.39 is 0 Å². The zero-order chi connectivity index (χ0) is 33.9. The lowest BCUT2D eigenvalue weighted by Gasteiger charge is -2.30. The predicted octanol–water partition coefficient (Wildman–Crippen LogP) is 14.2. The molecule has 0 spiro atoms. The van der Waals surface area contributed by atoms with Crippen LogP contribution in [0.3, 0.4) is 0 Å². The zero-order valence-electron chi connectivity index (χ0n) is 28.5. The number of hydrogen-bond donors (Lipinski definition) is 0. The summed E-state index contributed by atoms with van der Waals surface area (Å²) in [6.07, 6.45) is 8.27. The Bertz CT molecular complexity index is 3260. The average Bonchev–Trinajstić information content (AvgIpc) is 3.20. The molecule has 0 saturated heterocycles. The van der Waals surface area contributed by atoms with E-state index in [1.54, 1.807) is 0 Å². The fourth-order valence-corrected chi connectivity index (χ4v) is 9.66. The highest BCUT2D eigenvalue weighted by Crippen LogP contribution is 2.50. The maximum absolute atomic E-state index is 2.51. The van der Waals surface area contributed by atoms with Crippen LogP contribution in [0, 0.1) is 0 Å². The summed E-state index contributed by atoms with van der Waals surface area (Å²) >= 11 is 0. The summed E-state index contributed by atoms with van der Waals surface area (Å²) in [6.45, 7) is 0. The fraction of sp³-hybridized carbons (Fsp3) is 0.0385. The summed E-state index contributed by atoms with van der Waals surface area (Å²) in [5.41, 5.74) is 9.58. The van der Waals surface area contributed by atoms with Gasteiger partial charge in [-0.05, 0) is 145 Å². The molecule has 0 aromatic heterocycles. The van der Waals surface area contributed by atoms with Crippen LogP contribution in [0.25, 0.3) is 98.2 Å². The van der Waals surface area contributed by atoms with Gasteiger partial charge in [-0.15, -0.1) is 0 Å². The summed E-state index contributed by atoms with van der Waals surface area (Å²) in [5.74, 6) is 0.190. The molecular weight excluding hydrogens is 625 g/mol. The summed E-state index contributed by atoms with van der Waals surface area (Å²) in [6, 6.07) is 59.4. The first-order chi connectivity index (χ1) is 25.8. The topological polar surface area (TPSA) is 0 Å².